The molecule has 0 fully saturated rings. The van der Waals surface area contributed by atoms with Gasteiger partial charge in [-0.3, -0.25) is 9.69 Å². The zero-order valence-electron chi connectivity index (χ0n) is 13.2. The summed E-state index contributed by atoms with van der Waals surface area (Å²) in [6.07, 6.45) is 0. The lowest BCUT2D eigenvalue weighted by Gasteiger charge is -2.18. The average molecular weight is 326 g/mol. The average Bonchev–Trinajstić information content (AvgIpc) is 2.98. The molecule has 4 nitrogen and oxygen atoms in total. The zero-order valence-corrected chi connectivity index (χ0v) is 14.0. The molecule has 0 spiro atoms. The summed E-state index contributed by atoms with van der Waals surface area (Å²) in [6, 6.07) is 15.6. The van der Waals surface area contributed by atoms with Crippen molar-refractivity contribution >= 4 is 32.6 Å². The number of hydrogen-bond acceptors (Lipinski definition) is 4. The Kier molecular flexibility index (Phi) is 4.57. The Labute approximate surface area is 139 Å². The van der Waals surface area contributed by atoms with Crippen LogP contribution in [0.3, 0.4) is 0 Å². The van der Waals surface area contributed by atoms with E-state index < -0.39 is 0 Å². The van der Waals surface area contributed by atoms with Crippen molar-refractivity contribution in [2.45, 2.75) is 13.8 Å². The number of hydrogen-bond donors (Lipinski definition) is 0. The predicted octanol–water partition coefficient (Wildman–Crippen LogP) is 4.04. The SMILES string of the molecule is CCN(C(=O)COc1ccccc1C)c1nc2ccccc2s1. The summed E-state index contributed by atoms with van der Waals surface area (Å²) in [4.78, 5) is 18.7. The van der Waals surface area contributed by atoms with Crippen LogP contribution in [0.5, 0.6) is 5.75 Å². The van der Waals surface area contributed by atoms with E-state index in [-0.39, 0.29) is 12.5 Å². The summed E-state index contributed by atoms with van der Waals surface area (Å²) in [7, 11) is 0. The highest BCUT2D eigenvalue weighted by Crippen LogP contribution is 2.28. The highest BCUT2D eigenvalue weighted by Gasteiger charge is 2.18. The van der Waals surface area contributed by atoms with Crippen LogP contribution in [-0.4, -0.2) is 24.0 Å². The highest BCUT2D eigenvalue weighted by atomic mass is 32.1. The molecule has 0 saturated heterocycles. The summed E-state index contributed by atoms with van der Waals surface area (Å²) in [6.45, 7) is 4.48. The number of benzene rings is 2. The van der Waals surface area contributed by atoms with Gasteiger partial charge in [0.2, 0.25) is 0 Å². The van der Waals surface area contributed by atoms with Crippen LogP contribution in [-0.2, 0) is 4.79 Å². The third kappa shape index (κ3) is 3.35. The van der Waals surface area contributed by atoms with E-state index in [1.165, 1.54) is 11.3 Å². The van der Waals surface area contributed by atoms with Crippen molar-refractivity contribution in [1.29, 1.82) is 0 Å². The Hall–Kier alpha value is -2.40. The normalized spacial score (nSPS) is 10.7. The second-order valence-corrected chi connectivity index (χ2v) is 6.17. The van der Waals surface area contributed by atoms with Crippen LogP contribution in [0, 0.1) is 6.92 Å². The molecule has 5 heteroatoms. The molecule has 0 radical (unpaired) electrons. The van der Waals surface area contributed by atoms with Crippen molar-refractivity contribution in [1.82, 2.24) is 4.98 Å². The minimum Gasteiger partial charge on any atom is -0.483 e. The van der Waals surface area contributed by atoms with Gasteiger partial charge in [-0.05, 0) is 37.6 Å². The van der Waals surface area contributed by atoms with Gasteiger partial charge in [0.15, 0.2) is 11.7 Å². The molecule has 2 aromatic carbocycles. The maximum absolute atomic E-state index is 12.5. The topological polar surface area (TPSA) is 42.4 Å². The van der Waals surface area contributed by atoms with E-state index in [0.717, 1.165) is 21.5 Å². The summed E-state index contributed by atoms with van der Waals surface area (Å²) < 4.78 is 6.74. The molecule has 0 unspecified atom stereocenters. The maximum Gasteiger partial charge on any atom is 0.266 e. The van der Waals surface area contributed by atoms with Crippen molar-refractivity contribution in [2.24, 2.45) is 0 Å². The standard InChI is InChI=1S/C18H18N2O2S/c1-3-20(18-19-14-9-5-7-11-16(14)23-18)17(21)12-22-15-10-6-4-8-13(15)2/h4-11H,3,12H2,1-2H3. The fraction of sp³-hybridized carbons (Fsp3) is 0.222. The monoisotopic (exact) mass is 326 g/mol. The lowest BCUT2D eigenvalue weighted by atomic mass is 10.2. The van der Waals surface area contributed by atoms with Gasteiger partial charge in [-0.25, -0.2) is 4.98 Å². The smallest absolute Gasteiger partial charge is 0.266 e. The number of ether oxygens (including phenoxy) is 1. The molecule has 1 heterocycles. The molecule has 0 aliphatic carbocycles. The van der Waals surface area contributed by atoms with E-state index in [9.17, 15) is 4.79 Å². The lowest BCUT2D eigenvalue weighted by Crippen LogP contribution is -2.34. The first-order valence-electron chi connectivity index (χ1n) is 7.53. The number of nitrogens with zero attached hydrogens (tertiary/aromatic N) is 2. The summed E-state index contributed by atoms with van der Waals surface area (Å²) in [5, 5.41) is 0.715. The van der Waals surface area contributed by atoms with Gasteiger partial charge in [-0.2, -0.15) is 0 Å². The molecule has 1 amide bonds. The van der Waals surface area contributed by atoms with Gasteiger partial charge in [0, 0.05) is 6.54 Å². The molecule has 0 saturated carbocycles. The third-order valence-corrected chi connectivity index (χ3v) is 4.63. The van der Waals surface area contributed by atoms with Crippen molar-refractivity contribution in [3.8, 4) is 5.75 Å². The molecule has 0 bridgehead atoms. The van der Waals surface area contributed by atoms with Gasteiger partial charge in [0.1, 0.15) is 5.75 Å². The first kappa shape index (κ1) is 15.5. The van der Waals surface area contributed by atoms with Gasteiger partial charge in [-0.15, -0.1) is 0 Å². The van der Waals surface area contributed by atoms with Gasteiger partial charge >= 0.3 is 0 Å². The molecule has 118 valence electrons. The largest absolute Gasteiger partial charge is 0.483 e. The number of carbonyl (C=O) groups is 1. The van der Waals surface area contributed by atoms with E-state index in [0.29, 0.717) is 11.7 Å². The van der Waals surface area contributed by atoms with Crippen molar-refractivity contribution in [3.63, 3.8) is 0 Å². The second-order valence-electron chi connectivity index (χ2n) is 5.16. The highest BCUT2D eigenvalue weighted by molar-refractivity contribution is 7.22. The molecule has 3 rings (SSSR count). The Morgan fingerprint density at radius 1 is 1.17 bits per heavy atom. The number of likely N-dealkylation sites (N-methyl/N-ethyl adjacent to an activating group) is 1. The van der Waals surface area contributed by atoms with Gasteiger partial charge in [0.05, 0.1) is 10.2 Å². The number of fused-ring (bicyclic) bond motifs is 1. The van der Waals surface area contributed by atoms with E-state index in [4.69, 9.17) is 4.74 Å². The van der Waals surface area contributed by atoms with Crippen LogP contribution < -0.4 is 9.64 Å². The van der Waals surface area contributed by atoms with E-state index >= 15 is 0 Å². The van der Waals surface area contributed by atoms with Crippen LogP contribution >= 0.6 is 11.3 Å². The van der Waals surface area contributed by atoms with E-state index in [1.54, 1.807) is 4.90 Å². The maximum atomic E-state index is 12.5. The number of anilines is 1. The van der Waals surface area contributed by atoms with E-state index in [1.807, 2.05) is 62.4 Å². The summed E-state index contributed by atoms with van der Waals surface area (Å²) in [5.41, 5.74) is 1.93. The number of aryl methyl sites for hydroxylation is 1. The van der Waals surface area contributed by atoms with Crippen LogP contribution in [0.15, 0.2) is 48.5 Å². The molecule has 3 aromatic rings. The van der Waals surface area contributed by atoms with Gasteiger partial charge in [-0.1, -0.05) is 41.7 Å². The minimum atomic E-state index is -0.0881. The lowest BCUT2D eigenvalue weighted by molar-refractivity contribution is -0.120. The number of aromatic nitrogens is 1. The number of thiazole rings is 1. The first-order chi connectivity index (χ1) is 11.2. The number of rotatable bonds is 5. The van der Waals surface area contributed by atoms with Crippen LogP contribution in [0.4, 0.5) is 5.13 Å². The first-order valence-corrected chi connectivity index (χ1v) is 8.35. The Bertz CT molecular complexity index is 796. The molecule has 0 atom stereocenters. The Morgan fingerprint density at radius 3 is 2.65 bits per heavy atom. The molecular weight excluding hydrogens is 308 g/mol. The Morgan fingerprint density at radius 2 is 1.91 bits per heavy atom. The van der Waals surface area contributed by atoms with Crippen molar-refractivity contribution in [3.05, 3.63) is 54.1 Å². The second kappa shape index (κ2) is 6.79. The molecule has 0 N–H and O–H groups in total. The molecule has 1 aromatic heterocycles. The Balaban J connectivity index is 1.75. The molecule has 0 aliphatic rings. The third-order valence-electron chi connectivity index (χ3n) is 3.58. The quantitative estimate of drug-likeness (QED) is 0.711. The van der Waals surface area contributed by atoms with E-state index in [2.05, 4.69) is 4.98 Å². The molecular formula is C18H18N2O2S. The van der Waals surface area contributed by atoms with Crippen molar-refractivity contribution in [2.75, 3.05) is 18.1 Å². The van der Waals surface area contributed by atoms with Crippen molar-refractivity contribution < 1.29 is 9.53 Å². The minimum absolute atomic E-state index is 0.00855. The number of carbonyl (C=O) groups excluding carboxylic acids is 1. The van der Waals surface area contributed by atoms with Gasteiger partial charge < -0.3 is 4.74 Å². The van der Waals surface area contributed by atoms with Crippen LogP contribution in [0.2, 0.25) is 0 Å². The van der Waals surface area contributed by atoms with Crippen LogP contribution in [0.1, 0.15) is 12.5 Å². The predicted molar refractivity (Wildman–Crippen MR) is 94.3 cm³/mol. The summed E-state index contributed by atoms with van der Waals surface area (Å²) in [5.74, 6) is 0.649. The van der Waals surface area contributed by atoms with Crippen LogP contribution in [0.25, 0.3) is 10.2 Å². The number of para-hydroxylation sites is 2. The summed E-state index contributed by atoms with van der Waals surface area (Å²) >= 11 is 1.52. The fourth-order valence-corrected chi connectivity index (χ4v) is 3.38. The zero-order chi connectivity index (χ0) is 16.2. The fourth-order valence-electron chi connectivity index (χ4n) is 2.33. The molecule has 23 heavy (non-hydrogen) atoms. The number of amides is 1. The molecule has 0 aliphatic heterocycles. The van der Waals surface area contributed by atoms with Gasteiger partial charge in [0.25, 0.3) is 5.91 Å².